The number of amides is 3. The number of methoxy groups -OCH3 is 1. The van der Waals surface area contributed by atoms with Gasteiger partial charge in [0.1, 0.15) is 11.5 Å². The van der Waals surface area contributed by atoms with Gasteiger partial charge in [-0.3, -0.25) is 19.3 Å². The average Bonchev–Trinajstić information content (AvgIpc) is 3.09. The van der Waals surface area contributed by atoms with Crippen LogP contribution in [-0.2, 0) is 6.54 Å². The summed E-state index contributed by atoms with van der Waals surface area (Å²) in [5.74, 6) is 0.213. The van der Waals surface area contributed by atoms with Gasteiger partial charge in [0.25, 0.3) is 17.7 Å². The summed E-state index contributed by atoms with van der Waals surface area (Å²) in [6.45, 7) is 0.579. The fourth-order valence-electron chi connectivity index (χ4n) is 4.32. The van der Waals surface area contributed by atoms with E-state index in [4.69, 9.17) is 9.47 Å². The standard InChI is InChI=1S/C26H22N2O5/c1-32-22-11-10-16(15-28-25(30)17-6-2-3-7-18(17)26(28)31)14-20(22)24(29)27-21-12-13-33-23-9-5-4-8-19(21)23/h2-11,14,21H,12-13,15H2,1H3,(H,27,29). The van der Waals surface area contributed by atoms with Crippen LogP contribution in [-0.4, -0.2) is 36.3 Å². The Kier molecular flexibility index (Phi) is 5.30. The molecule has 0 radical (unpaired) electrons. The van der Waals surface area contributed by atoms with Crippen molar-refractivity contribution in [2.75, 3.05) is 13.7 Å². The van der Waals surface area contributed by atoms with Gasteiger partial charge in [-0.2, -0.15) is 0 Å². The van der Waals surface area contributed by atoms with E-state index < -0.39 is 0 Å². The van der Waals surface area contributed by atoms with Gasteiger partial charge in [0.15, 0.2) is 0 Å². The maximum absolute atomic E-state index is 13.2. The van der Waals surface area contributed by atoms with Crippen LogP contribution in [0.1, 0.15) is 54.7 Å². The first-order valence-electron chi connectivity index (χ1n) is 10.7. The monoisotopic (exact) mass is 442 g/mol. The molecule has 3 amide bonds. The highest BCUT2D eigenvalue weighted by Gasteiger charge is 2.35. The van der Waals surface area contributed by atoms with E-state index in [2.05, 4.69) is 5.32 Å². The smallest absolute Gasteiger partial charge is 0.261 e. The Balaban J connectivity index is 1.39. The molecule has 0 saturated heterocycles. The molecule has 7 nitrogen and oxygen atoms in total. The molecule has 1 atom stereocenters. The zero-order valence-corrected chi connectivity index (χ0v) is 18.0. The van der Waals surface area contributed by atoms with E-state index in [9.17, 15) is 14.4 Å². The molecule has 2 aliphatic heterocycles. The fourth-order valence-corrected chi connectivity index (χ4v) is 4.32. The number of nitrogens with one attached hydrogen (secondary N) is 1. The summed E-state index contributed by atoms with van der Waals surface area (Å²) in [4.78, 5) is 39.9. The Morgan fingerprint density at radius 2 is 1.73 bits per heavy atom. The van der Waals surface area contributed by atoms with Gasteiger partial charge in [-0.1, -0.05) is 36.4 Å². The first kappa shape index (κ1) is 20.8. The number of hydrogen-bond donors (Lipinski definition) is 1. The molecular weight excluding hydrogens is 420 g/mol. The highest BCUT2D eigenvalue weighted by atomic mass is 16.5. The predicted octanol–water partition coefficient (Wildman–Crippen LogP) is 3.75. The van der Waals surface area contributed by atoms with Crippen molar-refractivity contribution < 1.29 is 23.9 Å². The Labute approximate surface area is 190 Å². The van der Waals surface area contributed by atoms with Crippen LogP contribution in [0.25, 0.3) is 0 Å². The highest BCUT2D eigenvalue weighted by Crippen LogP contribution is 2.32. The number of rotatable bonds is 5. The summed E-state index contributed by atoms with van der Waals surface area (Å²) in [5, 5.41) is 3.07. The van der Waals surface area contributed by atoms with Crippen molar-refractivity contribution in [3.05, 3.63) is 94.5 Å². The SMILES string of the molecule is COc1ccc(CN2C(=O)c3ccccc3C2=O)cc1C(=O)NC1CCOc2ccccc21. The summed E-state index contributed by atoms with van der Waals surface area (Å²) < 4.78 is 11.1. The Hall–Kier alpha value is -4.13. The van der Waals surface area contributed by atoms with E-state index >= 15 is 0 Å². The van der Waals surface area contributed by atoms with E-state index in [1.807, 2.05) is 24.3 Å². The first-order chi connectivity index (χ1) is 16.1. The second-order valence-electron chi connectivity index (χ2n) is 7.98. The van der Waals surface area contributed by atoms with Gasteiger partial charge >= 0.3 is 0 Å². The number of carbonyl (C=O) groups is 3. The number of fused-ring (bicyclic) bond motifs is 2. The van der Waals surface area contributed by atoms with Crippen LogP contribution >= 0.6 is 0 Å². The van der Waals surface area contributed by atoms with Crippen LogP contribution < -0.4 is 14.8 Å². The summed E-state index contributed by atoms with van der Waals surface area (Å²) >= 11 is 0. The average molecular weight is 442 g/mol. The minimum atomic E-state index is -0.337. The number of hydrogen-bond acceptors (Lipinski definition) is 5. The topological polar surface area (TPSA) is 84.9 Å². The molecule has 2 heterocycles. The maximum Gasteiger partial charge on any atom is 0.261 e. The lowest BCUT2D eigenvalue weighted by molar-refractivity contribution is 0.0642. The van der Waals surface area contributed by atoms with Crippen LogP contribution in [0.4, 0.5) is 0 Å². The van der Waals surface area contributed by atoms with Crippen molar-refractivity contribution in [1.29, 1.82) is 0 Å². The summed E-state index contributed by atoms with van der Waals surface area (Å²) in [7, 11) is 1.50. The molecule has 0 bridgehead atoms. The van der Waals surface area contributed by atoms with Gasteiger partial charge in [-0.25, -0.2) is 0 Å². The first-order valence-corrected chi connectivity index (χ1v) is 10.7. The number of benzene rings is 3. The third-order valence-corrected chi connectivity index (χ3v) is 5.99. The molecule has 33 heavy (non-hydrogen) atoms. The van der Waals surface area contributed by atoms with Gasteiger partial charge < -0.3 is 14.8 Å². The Bertz CT molecular complexity index is 1230. The molecule has 0 spiro atoms. The molecule has 0 fully saturated rings. The van der Waals surface area contributed by atoms with E-state index in [-0.39, 0.29) is 30.3 Å². The van der Waals surface area contributed by atoms with Crippen molar-refractivity contribution >= 4 is 17.7 Å². The summed E-state index contributed by atoms with van der Waals surface area (Å²) in [6, 6.07) is 19.3. The largest absolute Gasteiger partial charge is 0.496 e. The highest BCUT2D eigenvalue weighted by molar-refractivity contribution is 6.21. The van der Waals surface area contributed by atoms with Gasteiger partial charge in [0.05, 0.1) is 43.0 Å². The zero-order chi connectivity index (χ0) is 22.9. The molecule has 3 aromatic carbocycles. The fraction of sp³-hybridized carbons (Fsp3) is 0.192. The van der Waals surface area contributed by atoms with E-state index in [1.165, 1.54) is 12.0 Å². The van der Waals surface area contributed by atoms with Crippen molar-refractivity contribution in [3.63, 3.8) is 0 Å². The quantitative estimate of drug-likeness (QED) is 0.609. The number of nitrogens with zero attached hydrogens (tertiary/aromatic N) is 1. The van der Waals surface area contributed by atoms with Crippen molar-refractivity contribution in [2.24, 2.45) is 0 Å². The molecular formula is C26H22N2O5. The van der Waals surface area contributed by atoms with Crippen LogP contribution in [0, 0.1) is 0 Å². The Morgan fingerprint density at radius 1 is 1.03 bits per heavy atom. The number of imide groups is 1. The minimum Gasteiger partial charge on any atom is -0.496 e. The molecule has 5 rings (SSSR count). The molecule has 2 aliphatic rings. The minimum absolute atomic E-state index is 0.0662. The van der Waals surface area contributed by atoms with Crippen molar-refractivity contribution in [2.45, 2.75) is 19.0 Å². The zero-order valence-electron chi connectivity index (χ0n) is 18.0. The van der Waals surface area contributed by atoms with Gasteiger partial charge in [-0.15, -0.1) is 0 Å². The summed E-state index contributed by atoms with van der Waals surface area (Å²) in [5.41, 5.74) is 2.72. The second kappa shape index (κ2) is 8.43. The normalized spacial score (nSPS) is 16.6. The molecule has 0 saturated carbocycles. The van der Waals surface area contributed by atoms with Gasteiger partial charge in [0.2, 0.25) is 0 Å². The van der Waals surface area contributed by atoms with Crippen LogP contribution in [0.2, 0.25) is 0 Å². The predicted molar refractivity (Wildman–Crippen MR) is 120 cm³/mol. The van der Waals surface area contributed by atoms with Crippen molar-refractivity contribution in [3.8, 4) is 11.5 Å². The molecule has 166 valence electrons. The number of ether oxygens (including phenoxy) is 2. The number of para-hydroxylation sites is 1. The molecule has 0 aromatic heterocycles. The van der Waals surface area contributed by atoms with E-state index in [0.717, 1.165) is 11.3 Å². The molecule has 3 aromatic rings. The van der Waals surface area contributed by atoms with Gasteiger partial charge in [-0.05, 0) is 35.9 Å². The van der Waals surface area contributed by atoms with E-state index in [1.54, 1.807) is 42.5 Å². The molecule has 0 aliphatic carbocycles. The Morgan fingerprint density at radius 3 is 2.45 bits per heavy atom. The lowest BCUT2D eigenvalue weighted by atomic mass is 9.99. The molecule has 1 N–H and O–H groups in total. The van der Waals surface area contributed by atoms with E-state index in [0.29, 0.717) is 41.0 Å². The van der Waals surface area contributed by atoms with Crippen LogP contribution in [0.3, 0.4) is 0 Å². The number of carbonyl (C=O) groups excluding carboxylic acids is 3. The van der Waals surface area contributed by atoms with Crippen LogP contribution in [0.15, 0.2) is 66.7 Å². The van der Waals surface area contributed by atoms with Crippen LogP contribution in [0.5, 0.6) is 11.5 Å². The second-order valence-corrected chi connectivity index (χ2v) is 7.98. The van der Waals surface area contributed by atoms with Gasteiger partial charge in [0, 0.05) is 12.0 Å². The lowest BCUT2D eigenvalue weighted by Gasteiger charge is -2.27. The summed E-state index contributed by atoms with van der Waals surface area (Å²) in [6.07, 6.45) is 0.653. The maximum atomic E-state index is 13.2. The molecule has 1 unspecified atom stereocenters. The van der Waals surface area contributed by atoms with Crippen molar-refractivity contribution in [1.82, 2.24) is 10.2 Å². The third kappa shape index (κ3) is 3.71. The third-order valence-electron chi connectivity index (χ3n) is 5.99. The lowest BCUT2D eigenvalue weighted by Crippen LogP contribution is -2.32. The molecule has 7 heteroatoms.